The van der Waals surface area contributed by atoms with Crippen LogP contribution in [0.2, 0.25) is 0 Å². The predicted octanol–water partition coefficient (Wildman–Crippen LogP) is 1.12. The quantitative estimate of drug-likeness (QED) is 0.257. The largest absolute Gasteiger partial charge is 4.00 e. The summed E-state index contributed by atoms with van der Waals surface area (Å²) in [5.74, 6) is -0.194. The monoisotopic (exact) mass is 248 g/mol. The van der Waals surface area contributed by atoms with Crippen LogP contribution in [0.25, 0.3) is 0 Å². The zero-order valence-corrected chi connectivity index (χ0v) is 9.74. The third-order valence-corrected chi connectivity index (χ3v) is 1.13. The van der Waals surface area contributed by atoms with Crippen molar-refractivity contribution in [1.29, 1.82) is 0 Å². The SMILES string of the molecule is [CH-]=CC(=O)c1[c-]cccc1.[Cr+4].[SH-].[SH-]. The number of carbonyl (C=O) groups is 1. The van der Waals surface area contributed by atoms with Gasteiger partial charge in [-0.05, 0) is 0 Å². The molecule has 13 heavy (non-hydrogen) atoms. The molecule has 0 unspecified atom stereocenters. The summed E-state index contributed by atoms with van der Waals surface area (Å²) < 4.78 is 0. The minimum Gasteiger partial charge on any atom is -0.813 e. The molecule has 0 bridgehead atoms. The maximum absolute atomic E-state index is 10.8. The van der Waals surface area contributed by atoms with Crippen LogP contribution < -0.4 is 0 Å². The summed E-state index contributed by atoms with van der Waals surface area (Å²) in [5, 5.41) is 0. The Morgan fingerprint density at radius 3 is 2.38 bits per heavy atom. The van der Waals surface area contributed by atoms with E-state index < -0.39 is 0 Å². The summed E-state index contributed by atoms with van der Waals surface area (Å²) in [6, 6.07) is 9.68. The maximum Gasteiger partial charge on any atom is 4.00 e. The smallest absolute Gasteiger partial charge is 0.813 e. The molecule has 0 aliphatic rings. The molecule has 0 heterocycles. The van der Waals surface area contributed by atoms with Crippen molar-refractivity contribution in [3.8, 4) is 0 Å². The van der Waals surface area contributed by atoms with Gasteiger partial charge >= 0.3 is 17.4 Å². The summed E-state index contributed by atoms with van der Waals surface area (Å²) >= 11 is 0. The van der Waals surface area contributed by atoms with E-state index in [0.717, 1.165) is 6.08 Å². The molecule has 0 N–H and O–H groups in total. The van der Waals surface area contributed by atoms with Gasteiger partial charge in [0.2, 0.25) is 0 Å². The van der Waals surface area contributed by atoms with Crippen LogP contribution in [0.15, 0.2) is 30.3 Å². The van der Waals surface area contributed by atoms with E-state index in [1.165, 1.54) is 0 Å². The topological polar surface area (TPSA) is 17.1 Å². The normalized spacial score (nSPS) is 6.77. The number of allylic oxidation sites excluding steroid dienone is 1. The van der Waals surface area contributed by atoms with Crippen molar-refractivity contribution in [3.63, 3.8) is 0 Å². The van der Waals surface area contributed by atoms with Crippen LogP contribution in [-0.4, -0.2) is 5.78 Å². The molecule has 0 aliphatic carbocycles. The fourth-order valence-corrected chi connectivity index (χ4v) is 0.636. The van der Waals surface area contributed by atoms with Gasteiger partial charge in [-0.15, -0.1) is 35.9 Å². The van der Waals surface area contributed by atoms with Gasteiger partial charge in [-0.1, -0.05) is 0 Å². The van der Waals surface area contributed by atoms with Crippen molar-refractivity contribution < 1.29 is 22.2 Å². The van der Waals surface area contributed by atoms with Gasteiger partial charge in [0.25, 0.3) is 0 Å². The molecule has 0 atom stereocenters. The molecule has 4 heteroatoms. The van der Waals surface area contributed by atoms with Crippen LogP contribution in [0.3, 0.4) is 0 Å². The molecule has 68 valence electrons. The molecule has 0 saturated carbocycles. The fourth-order valence-electron chi connectivity index (χ4n) is 0.636. The number of hydrogen-bond donors (Lipinski definition) is 0. The van der Waals surface area contributed by atoms with Gasteiger partial charge in [0.15, 0.2) is 0 Å². The van der Waals surface area contributed by atoms with Gasteiger partial charge in [-0.3, -0.25) is 6.58 Å². The summed E-state index contributed by atoms with van der Waals surface area (Å²) in [7, 11) is 0. The van der Waals surface area contributed by atoms with E-state index in [2.05, 4.69) is 6.07 Å². The zero-order valence-electron chi connectivity index (χ0n) is 6.68. The maximum atomic E-state index is 10.8. The first-order valence-corrected chi connectivity index (χ1v) is 2.90. The van der Waals surface area contributed by atoms with Crippen molar-refractivity contribution in [2.45, 2.75) is 0 Å². The first-order valence-electron chi connectivity index (χ1n) is 2.90. The molecular weight excluding hydrogens is 240 g/mol. The molecular formula is C9H8CrOS2. The standard InChI is InChI=1S/C9H6O.Cr.2H2S/c1-2-9(10)8-6-4-3-5-7-8;;;/h1-6H;;2*1H2/q-2;+4;;/p-2. The Morgan fingerprint density at radius 1 is 1.38 bits per heavy atom. The Hall–Kier alpha value is -0.138. The number of hydrogen-bond acceptors (Lipinski definition) is 3. The van der Waals surface area contributed by atoms with Gasteiger partial charge in [0.1, 0.15) is 0 Å². The van der Waals surface area contributed by atoms with E-state index in [0.29, 0.717) is 5.56 Å². The summed E-state index contributed by atoms with van der Waals surface area (Å²) in [6.45, 7) is 5.01. The molecule has 1 nitrogen and oxygen atoms in total. The van der Waals surface area contributed by atoms with Crippen LogP contribution in [0.1, 0.15) is 10.4 Å². The number of carbonyl (C=O) groups excluding carboxylic acids is 1. The molecule has 0 amide bonds. The van der Waals surface area contributed by atoms with Crippen molar-refractivity contribution >= 4 is 32.8 Å². The number of rotatable bonds is 2. The minimum absolute atomic E-state index is 0. The van der Waals surface area contributed by atoms with E-state index in [4.69, 9.17) is 6.58 Å². The summed E-state index contributed by atoms with van der Waals surface area (Å²) in [6.07, 6.45) is 1.03. The summed E-state index contributed by atoms with van der Waals surface area (Å²) in [5.41, 5.74) is 0.505. The van der Waals surface area contributed by atoms with Crippen LogP contribution >= 0.6 is 0 Å². The van der Waals surface area contributed by atoms with Gasteiger partial charge in [-0.25, -0.2) is 0 Å². The third-order valence-electron chi connectivity index (χ3n) is 1.13. The van der Waals surface area contributed by atoms with Crippen LogP contribution in [0.5, 0.6) is 0 Å². The van der Waals surface area contributed by atoms with E-state index >= 15 is 0 Å². The van der Waals surface area contributed by atoms with Crippen LogP contribution in [0, 0.1) is 12.6 Å². The van der Waals surface area contributed by atoms with Gasteiger partial charge in [0.05, 0.1) is 5.78 Å². The molecule has 1 aromatic carbocycles. The number of ketones is 1. The van der Waals surface area contributed by atoms with Crippen LogP contribution in [0.4, 0.5) is 0 Å². The average molecular weight is 248 g/mol. The Bertz CT molecular complexity index is 249. The zero-order chi connectivity index (χ0) is 7.40. The van der Waals surface area contributed by atoms with Crippen molar-refractivity contribution in [3.05, 3.63) is 48.6 Å². The van der Waals surface area contributed by atoms with Crippen molar-refractivity contribution in [1.82, 2.24) is 0 Å². The fraction of sp³-hybridized carbons (Fsp3) is 0. The Balaban J connectivity index is -0.000000333. The van der Waals surface area contributed by atoms with Crippen molar-refractivity contribution in [2.75, 3.05) is 0 Å². The van der Waals surface area contributed by atoms with Gasteiger partial charge < -0.3 is 31.8 Å². The molecule has 0 saturated heterocycles. The van der Waals surface area contributed by atoms with Gasteiger partial charge in [-0.2, -0.15) is 6.08 Å². The number of thiol groups is 2. The minimum atomic E-state index is -0.194. The molecule has 1 aromatic rings. The molecule has 0 fully saturated rings. The second-order valence-electron chi connectivity index (χ2n) is 1.81. The Kier molecular flexibility index (Phi) is 14.2. The first-order chi connectivity index (χ1) is 4.84. The summed E-state index contributed by atoms with van der Waals surface area (Å²) in [4.78, 5) is 10.8. The average Bonchev–Trinajstić information content (AvgIpc) is 2.05. The third kappa shape index (κ3) is 6.00. The molecule has 0 aliphatic heterocycles. The number of benzene rings is 1. The van der Waals surface area contributed by atoms with E-state index in [1.807, 2.05) is 0 Å². The molecule has 1 rings (SSSR count). The second-order valence-corrected chi connectivity index (χ2v) is 1.81. The van der Waals surface area contributed by atoms with Gasteiger partial charge in [0, 0.05) is 0 Å². The van der Waals surface area contributed by atoms with Crippen molar-refractivity contribution in [2.24, 2.45) is 0 Å². The predicted molar refractivity (Wildman–Crippen MR) is 56.0 cm³/mol. The Labute approximate surface area is 103 Å². The van der Waals surface area contributed by atoms with Crippen LogP contribution in [-0.2, 0) is 44.4 Å². The molecule has 0 radical (unpaired) electrons. The Morgan fingerprint density at radius 2 is 2.00 bits per heavy atom. The molecule has 0 aromatic heterocycles. The van der Waals surface area contributed by atoms with E-state index in [9.17, 15) is 4.79 Å². The van der Waals surface area contributed by atoms with E-state index in [-0.39, 0.29) is 50.1 Å². The van der Waals surface area contributed by atoms with E-state index in [1.54, 1.807) is 24.3 Å². The second kappa shape index (κ2) is 9.95. The first kappa shape index (κ1) is 18.6. The molecule has 0 spiro atoms.